The highest BCUT2D eigenvalue weighted by atomic mass is 19.1. The molecule has 2 N–H and O–H groups in total. The second-order valence-electron chi connectivity index (χ2n) is 4.02. The molecule has 110 valence electrons. The van der Waals surface area contributed by atoms with Gasteiger partial charge in [0.2, 0.25) is 0 Å². The highest BCUT2D eigenvalue weighted by molar-refractivity contribution is 5.99. The van der Waals surface area contributed by atoms with Crippen molar-refractivity contribution in [3.8, 4) is 0 Å². The Kier molecular flexibility index (Phi) is 4.12. The summed E-state index contributed by atoms with van der Waals surface area (Å²) in [7, 11) is 1.44. The minimum Gasteiger partial charge on any atom is -0.386 e. The molecule has 1 amide bonds. The van der Waals surface area contributed by atoms with Crippen LogP contribution in [0.2, 0.25) is 0 Å². The second kappa shape index (κ2) is 5.99. The predicted octanol–water partition coefficient (Wildman–Crippen LogP) is 1.69. The van der Waals surface area contributed by atoms with Crippen LogP contribution in [0.15, 0.2) is 28.9 Å². The molecule has 0 bridgehead atoms. The van der Waals surface area contributed by atoms with E-state index in [0.717, 1.165) is 6.07 Å². The number of amides is 1. The number of carbonyl (C=O) groups is 1. The van der Waals surface area contributed by atoms with Gasteiger partial charge >= 0.3 is 0 Å². The molecule has 1 aromatic heterocycles. The van der Waals surface area contributed by atoms with Crippen molar-refractivity contribution in [1.29, 1.82) is 0 Å². The van der Waals surface area contributed by atoms with Crippen LogP contribution in [0.3, 0.4) is 0 Å². The topological polar surface area (TPSA) is 110 Å². The molecular weight excluding hydrogens is 283 g/mol. The number of nitrogens with one attached hydrogen (secondary N) is 2. The number of nitro benzene ring substituents is 1. The molecule has 0 saturated heterocycles. The molecule has 21 heavy (non-hydrogen) atoms. The molecule has 2 rings (SSSR count). The van der Waals surface area contributed by atoms with Gasteiger partial charge in [-0.3, -0.25) is 14.9 Å². The van der Waals surface area contributed by atoms with Gasteiger partial charge in [-0.05, 0) is 6.07 Å². The summed E-state index contributed by atoms with van der Waals surface area (Å²) >= 11 is 0. The van der Waals surface area contributed by atoms with Crippen LogP contribution in [-0.2, 0) is 6.54 Å². The lowest BCUT2D eigenvalue weighted by atomic mass is 10.1. The van der Waals surface area contributed by atoms with Gasteiger partial charge in [-0.2, -0.15) is 0 Å². The van der Waals surface area contributed by atoms with E-state index < -0.39 is 22.3 Å². The van der Waals surface area contributed by atoms with E-state index in [1.165, 1.54) is 13.2 Å². The summed E-state index contributed by atoms with van der Waals surface area (Å²) < 4.78 is 18.3. The van der Waals surface area contributed by atoms with Gasteiger partial charge in [0.25, 0.3) is 11.6 Å². The van der Waals surface area contributed by atoms with Crippen molar-refractivity contribution >= 4 is 17.3 Å². The summed E-state index contributed by atoms with van der Waals surface area (Å²) in [4.78, 5) is 22.1. The third-order valence-corrected chi connectivity index (χ3v) is 2.71. The fourth-order valence-corrected chi connectivity index (χ4v) is 1.68. The van der Waals surface area contributed by atoms with Crippen molar-refractivity contribution < 1.29 is 18.6 Å². The summed E-state index contributed by atoms with van der Waals surface area (Å²) in [5.41, 5.74) is -0.864. The molecule has 0 aliphatic rings. The second-order valence-corrected chi connectivity index (χ2v) is 4.02. The number of nitrogens with zero attached hydrogens (tertiary/aromatic N) is 2. The van der Waals surface area contributed by atoms with Gasteiger partial charge in [0.05, 0.1) is 29.4 Å². The summed E-state index contributed by atoms with van der Waals surface area (Å²) in [6.45, 7) is 0.0161. The van der Waals surface area contributed by atoms with Crippen molar-refractivity contribution in [2.75, 3.05) is 12.4 Å². The van der Waals surface area contributed by atoms with Crippen LogP contribution in [0.5, 0.6) is 0 Å². The molecule has 0 saturated carbocycles. The van der Waals surface area contributed by atoms with Gasteiger partial charge in [0, 0.05) is 13.1 Å². The lowest BCUT2D eigenvalue weighted by Gasteiger charge is -2.07. The Labute approximate surface area is 118 Å². The third-order valence-electron chi connectivity index (χ3n) is 2.71. The predicted molar refractivity (Wildman–Crippen MR) is 70.3 cm³/mol. The van der Waals surface area contributed by atoms with Crippen LogP contribution in [0.25, 0.3) is 0 Å². The van der Waals surface area contributed by atoms with Crippen molar-refractivity contribution in [3.05, 3.63) is 51.7 Å². The van der Waals surface area contributed by atoms with Gasteiger partial charge in [-0.15, -0.1) is 0 Å². The van der Waals surface area contributed by atoms with Crippen molar-refractivity contribution in [3.63, 3.8) is 0 Å². The number of nitro groups is 1. The van der Waals surface area contributed by atoms with Crippen LogP contribution in [0, 0.1) is 15.9 Å². The van der Waals surface area contributed by atoms with Gasteiger partial charge in [-0.1, -0.05) is 5.16 Å². The van der Waals surface area contributed by atoms with Gasteiger partial charge in [-0.25, -0.2) is 4.39 Å². The molecule has 1 heterocycles. The van der Waals surface area contributed by atoms with Gasteiger partial charge in [0.1, 0.15) is 5.56 Å². The molecule has 0 aliphatic heterocycles. The lowest BCUT2D eigenvalue weighted by Crippen LogP contribution is -2.23. The minimum absolute atomic E-state index is 0.00887. The van der Waals surface area contributed by atoms with E-state index >= 15 is 0 Å². The number of anilines is 1. The smallest absolute Gasteiger partial charge is 0.285 e. The number of aromatic nitrogens is 1. The summed E-state index contributed by atoms with van der Waals surface area (Å²) in [6.07, 6.45) is 1.40. The number of halogens is 1. The first-order chi connectivity index (χ1) is 10.0. The monoisotopic (exact) mass is 294 g/mol. The van der Waals surface area contributed by atoms with Crippen LogP contribution in [-0.4, -0.2) is 23.0 Å². The highest BCUT2D eigenvalue weighted by Gasteiger charge is 2.23. The number of hydrogen-bond acceptors (Lipinski definition) is 6. The maximum Gasteiger partial charge on any atom is 0.285 e. The first kappa shape index (κ1) is 14.4. The number of rotatable bonds is 5. The summed E-state index contributed by atoms with van der Waals surface area (Å²) in [5.74, 6) is -1.13. The Morgan fingerprint density at radius 2 is 2.29 bits per heavy atom. The maximum absolute atomic E-state index is 13.5. The lowest BCUT2D eigenvalue weighted by molar-refractivity contribution is -0.385. The van der Waals surface area contributed by atoms with Crippen LogP contribution in [0.4, 0.5) is 15.8 Å². The maximum atomic E-state index is 13.5. The molecule has 9 heteroatoms. The van der Waals surface area contributed by atoms with E-state index in [9.17, 15) is 19.3 Å². The molecule has 8 nitrogen and oxygen atoms in total. The van der Waals surface area contributed by atoms with Crippen molar-refractivity contribution in [2.24, 2.45) is 0 Å². The Hall–Kier alpha value is -2.97. The average molecular weight is 294 g/mol. The highest BCUT2D eigenvalue weighted by Crippen LogP contribution is 2.25. The van der Waals surface area contributed by atoms with Crippen LogP contribution >= 0.6 is 0 Å². The molecule has 0 unspecified atom stereocenters. The summed E-state index contributed by atoms with van der Waals surface area (Å²) in [5, 5.41) is 19.3. The molecule has 0 radical (unpaired) electrons. The zero-order valence-electron chi connectivity index (χ0n) is 10.9. The molecule has 0 fully saturated rings. The van der Waals surface area contributed by atoms with E-state index in [2.05, 4.69) is 15.8 Å². The molecule has 0 atom stereocenters. The minimum atomic E-state index is -0.814. The summed E-state index contributed by atoms with van der Waals surface area (Å²) in [6, 6.07) is 3.33. The zero-order valence-corrected chi connectivity index (χ0v) is 10.9. The van der Waals surface area contributed by atoms with Crippen LogP contribution in [0.1, 0.15) is 16.1 Å². The van der Waals surface area contributed by atoms with E-state index in [0.29, 0.717) is 11.8 Å². The van der Waals surface area contributed by atoms with E-state index in [1.54, 1.807) is 6.07 Å². The fourth-order valence-electron chi connectivity index (χ4n) is 1.68. The first-order valence-electron chi connectivity index (χ1n) is 5.86. The number of benzene rings is 1. The number of carbonyl (C=O) groups excluding carboxylic acids is 1. The first-order valence-corrected chi connectivity index (χ1v) is 5.86. The molecular formula is C12H11FN4O4. The SMILES string of the molecule is CNc1cc(C(=O)NCc2ccno2)c([N+](=O)[O-])cc1F. The van der Waals surface area contributed by atoms with Crippen LogP contribution < -0.4 is 10.6 Å². The fraction of sp³-hybridized carbons (Fsp3) is 0.167. The van der Waals surface area contributed by atoms with Gasteiger partial charge in [0.15, 0.2) is 11.6 Å². The van der Waals surface area contributed by atoms with E-state index in [1.807, 2.05) is 0 Å². The Morgan fingerprint density at radius 1 is 1.52 bits per heavy atom. The molecule has 0 spiro atoms. The van der Waals surface area contributed by atoms with E-state index in [-0.39, 0.29) is 17.8 Å². The standard InChI is InChI=1S/C12H11FN4O4/c1-14-10-4-8(11(17(19)20)5-9(10)13)12(18)15-6-7-2-3-16-21-7/h2-5,14H,6H2,1H3,(H,15,18). The molecule has 0 aliphatic carbocycles. The Bertz CT molecular complexity index is 672. The van der Waals surface area contributed by atoms with Gasteiger partial charge < -0.3 is 15.2 Å². The third kappa shape index (κ3) is 3.14. The quantitative estimate of drug-likeness (QED) is 0.641. The normalized spacial score (nSPS) is 10.2. The van der Waals surface area contributed by atoms with Crippen molar-refractivity contribution in [2.45, 2.75) is 6.54 Å². The number of hydrogen-bond donors (Lipinski definition) is 2. The van der Waals surface area contributed by atoms with E-state index in [4.69, 9.17) is 4.52 Å². The average Bonchev–Trinajstić information content (AvgIpc) is 2.97. The molecule has 1 aromatic carbocycles. The van der Waals surface area contributed by atoms with Crippen molar-refractivity contribution in [1.82, 2.24) is 10.5 Å². The molecule has 2 aromatic rings. The Balaban J connectivity index is 2.27. The zero-order chi connectivity index (χ0) is 15.4. The Morgan fingerprint density at radius 3 is 2.86 bits per heavy atom. The largest absolute Gasteiger partial charge is 0.386 e.